The Morgan fingerprint density at radius 2 is 1.95 bits per heavy atom. The van der Waals surface area contributed by atoms with E-state index in [1.54, 1.807) is 18.1 Å². The summed E-state index contributed by atoms with van der Waals surface area (Å²) in [4.78, 5) is 24.8. The maximum atomic E-state index is 12.0. The number of nitrogens with zero attached hydrogens (tertiary/aromatic N) is 1. The van der Waals surface area contributed by atoms with E-state index in [0.717, 1.165) is 11.3 Å². The van der Waals surface area contributed by atoms with Crippen molar-refractivity contribution in [1.29, 1.82) is 0 Å². The fourth-order valence-corrected chi connectivity index (χ4v) is 2.05. The number of amides is 1. The van der Waals surface area contributed by atoms with Crippen LogP contribution in [0.25, 0.3) is 6.08 Å². The van der Waals surface area contributed by atoms with Gasteiger partial charge in [0.1, 0.15) is 11.5 Å². The summed E-state index contributed by atoms with van der Waals surface area (Å²) in [6.07, 6.45) is 4.22. The van der Waals surface area contributed by atoms with Crippen molar-refractivity contribution in [3.63, 3.8) is 0 Å². The lowest BCUT2D eigenvalue weighted by atomic mass is 10.1. The Balaban J connectivity index is 2.02. The first-order chi connectivity index (χ1) is 9.20. The molecule has 0 aliphatic carbocycles. The molecular weight excluding hydrogens is 242 g/mol. The first-order valence-corrected chi connectivity index (χ1v) is 6.32. The second-order valence-corrected chi connectivity index (χ2v) is 4.44. The van der Waals surface area contributed by atoms with Gasteiger partial charge in [-0.05, 0) is 12.1 Å². The summed E-state index contributed by atoms with van der Waals surface area (Å²) >= 11 is 0. The molecule has 1 fully saturated rings. The summed E-state index contributed by atoms with van der Waals surface area (Å²) in [5, 5.41) is 0. The van der Waals surface area contributed by atoms with Crippen LogP contribution in [-0.2, 0) is 9.59 Å². The van der Waals surface area contributed by atoms with Gasteiger partial charge >= 0.3 is 0 Å². The van der Waals surface area contributed by atoms with Crippen LogP contribution in [0.3, 0.4) is 0 Å². The van der Waals surface area contributed by atoms with E-state index in [2.05, 4.69) is 0 Å². The van der Waals surface area contributed by atoms with E-state index in [1.807, 2.05) is 24.3 Å². The quantitative estimate of drug-likeness (QED) is 0.779. The lowest BCUT2D eigenvalue weighted by Gasteiger charge is -2.24. The monoisotopic (exact) mass is 259 g/mol. The molecule has 1 heterocycles. The van der Waals surface area contributed by atoms with Crippen LogP contribution in [0.2, 0.25) is 0 Å². The van der Waals surface area contributed by atoms with E-state index < -0.39 is 0 Å². The minimum absolute atomic E-state index is 0.0570. The Bertz CT molecular complexity index is 498. The minimum atomic E-state index is -0.0570. The van der Waals surface area contributed by atoms with E-state index in [9.17, 15) is 9.59 Å². The van der Waals surface area contributed by atoms with Crippen molar-refractivity contribution in [2.75, 3.05) is 20.2 Å². The third-order valence-corrected chi connectivity index (χ3v) is 3.18. The number of carbonyl (C=O) groups excluding carboxylic acids is 2. The summed E-state index contributed by atoms with van der Waals surface area (Å²) in [5.74, 6) is 0.913. The fourth-order valence-electron chi connectivity index (χ4n) is 2.05. The van der Waals surface area contributed by atoms with Crippen LogP contribution < -0.4 is 4.74 Å². The molecule has 0 saturated carbocycles. The molecule has 0 unspecified atom stereocenters. The fraction of sp³-hybridized carbons (Fsp3) is 0.333. The number of carbonyl (C=O) groups is 2. The van der Waals surface area contributed by atoms with Gasteiger partial charge in [0.25, 0.3) is 0 Å². The highest BCUT2D eigenvalue weighted by Crippen LogP contribution is 2.18. The van der Waals surface area contributed by atoms with Gasteiger partial charge in [-0.2, -0.15) is 0 Å². The lowest BCUT2D eigenvalue weighted by molar-refractivity contribution is -0.130. The predicted molar refractivity (Wildman–Crippen MR) is 72.8 cm³/mol. The minimum Gasteiger partial charge on any atom is -0.496 e. The number of hydrogen-bond donors (Lipinski definition) is 0. The molecule has 19 heavy (non-hydrogen) atoms. The topological polar surface area (TPSA) is 46.6 Å². The maximum Gasteiger partial charge on any atom is 0.246 e. The van der Waals surface area contributed by atoms with Gasteiger partial charge in [0, 0.05) is 37.6 Å². The molecule has 0 N–H and O–H groups in total. The number of benzene rings is 1. The van der Waals surface area contributed by atoms with Crippen molar-refractivity contribution >= 4 is 17.8 Å². The molecular formula is C15H17NO3. The van der Waals surface area contributed by atoms with Gasteiger partial charge in [0.15, 0.2) is 0 Å². The zero-order valence-corrected chi connectivity index (χ0v) is 11.0. The number of hydrogen-bond acceptors (Lipinski definition) is 3. The van der Waals surface area contributed by atoms with Gasteiger partial charge in [-0.25, -0.2) is 0 Å². The smallest absolute Gasteiger partial charge is 0.246 e. The number of Topliss-reactive ketones (excluding diaryl/α,β-unsaturated/α-hetero) is 1. The second kappa shape index (κ2) is 6.18. The van der Waals surface area contributed by atoms with Gasteiger partial charge < -0.3 is 9.64 Å². The van der Waals surface area contributed by atoms with Crippen LogP contribution in [0.4, 0.5) is 0 Å². The highest BCUT2D eigenvalue weighted by molar-refractivity contribution is 5.93. The number of ether oxygens (including phenoxy) is 1. The lowest BCUT2D eigenvalue weighted by Crippen LogP contribution is -2.37. The van der Waals surface area contributed by atoms with Gasteiger partial charge in [-0.3, -0.25) is 9.59 Å². The molecule has 0 radical (unpaired) electrons. The van der Waals surface area contributed by atoms with Gasteiger partial charge in [0.2, 0.25) is 5.91 Å². The van der Waals surface area contributed by atoms with E-state index >= 15 is 0 Å². The van der Waals surface area contributed by atoms with Crippen molar-refractivity contribution < 1.29 is 14.3 Å². The predicted octanol–water partition coefficient (Wildman–Crippen LogP) is 1.90. The molecule has 4 heteroatoms. The molecule has 4 nitrogen and oxygen atoms in total. The third kappa shape index (κ3) is 3.44. The summed E-state index contributed by atoms with van der Waals surface area (Å²) < 4.78 is 5.22. The summed E-state index contributed by atoms with van der Waals surface area (Å²) in [7, 11) is 1.60. The van der Waals surface area contributed by atoms with E-state index in [1.165, 1.54) is 6.08 Å². The van der Waals surface area contributed by atoms with Gasteiger partial charge in [-0.15, -0.1) is 0 Å². The third-order valence-electron chi connectivity index (χ3n) is 3.18. The Morgan fingerprint density at radius 1 is 1.26 bits per heavy atom. The number of likely N-dealkylation sites (tertiary alicyclic amines) is 1. The van der Waals surface area contributed by atoms with E-state index in [4.69, 9.17) is 4.74 Å². The molecule has 0 spiro atoms. The second-order valence-electron chi connectivity index (χ2n) is 4.44. The van der Waals surface area contributed by atoms with E-state index in [-0.39, 0.29) is 11.7 Å². The number of para-hydroxylation sites is 1. The molecule has 1 aromatic carbocycles. The molecule has 1 aliphatic heterocycles. The number of ketones is 1. The molecule has 1 aliphatic rings. The van der Waals surface area contributed by atoms with Crippen LogP contribution in [0, 0.1) is 0 Å². The van der Waals surface area contributed by atoms with Crippen molar-refractivity contribution in [2.45, 2.75) is 12.8 Å². The average Bonchev–Trinajstić information content (AvgIpc) is 2.45. The standard InChI is InChI=1S/C15H17NO3/c1-19-14-5-3-2-4-12(14)6-7-15(18)16-10-8-13(17)9-11-16/h2-7H,8-11H2,1H3/b7-6+. The Kier molecular flexibility index (Phi) is 4.34. The molecule has 100 valence electrons. The molecule has 2 rings (SSSR count). The number of piperidine rings is 1. The van der Waals surface area contributed by atoms with Crippen LogP contribution in [0.15, 0.2) is 30.3 Å². The Labute approximate surface area is 112 Å². The van der Waals surface area contributed by atoms with Crippen LogP contribution in [-0.4, -0.2) is 36.8 Å². The summed E-state index contributed by atoms with van der Waals surface area (Å²) in [6.45, 7) is 1.04. The normalized spacial score (nSPS) is 15.8. The molecule has 0 atom stereocenters. The SMILES string of the molecule is COc1ccccc1/C=C/C(=O)N1CCC(=O)CC1. The summed E-state index contributed by atoms with van der Waals surface area (Å²) in [6, 6.07) is 7.52. The highest BCUT2D eigenvalue weighted by atomic mass is 16.5. The molecule has 1 aromatic rings. The molecule has 1 saturated heterocycles. The zero-order valence-electron chi connectivity index (χ0n) is 11.0. The average molecular weight is 259 g/mol. The maximum absolute atomic E-state index is 12.0. The number of rotatable bonds is 3. The van der Waals surface area contributed by atoms with Crippen molar-refractivity contribution in [1.82, 2.24) is 4.90 Å². The van der Waals surface area contributed by atoms with Gasteiger partial charge in [-0.1, -0.05) is 18.2 Å². The number of methoxy groups -OCH3 is 1. The van der Waals surface area contributed by atoms with Crippen LogP contribution in [0.5, 0.6) is 5.75 Å². The van der Waals surface area contributed by atoms with Crippen molar-refractivity contribution in [3.8, 4) is 5.75 Å². The molecule has 1 amide bonds. The van der Waals surface area contributed by atoms with Crippen LogP contribution in [0.1, 0.15) is 18.4 Å². The highest BCUT2D eigenvalue weighted by Gasteiger charge is 2.18. The molecule has 0 aromatic heterocycles. The van der Waals surface area contributed by atoms with Crippen LogP contribution >= 0.6 is 0 Å². The molecule has 0 bridgehead atoms. The Hall–Kier alpha value is -2.10. The first-order valence-electron chi connectivity index (χ1n) is 6.32. The van der Waals surface area contributed by atoms with Gasteiger partial charge in [0.05, 0.1) is 7.11 Å². The summed E-state index contributed by atoms with van der Waals surface area (Å²) in [5.41, 5.74) is 0.867. The Morgan fingerprint density at radius 3 is 2.63 bits per heavy atom. The first kappa shape index (κ1) is 13.3. The largest absolute Gasteiger partial charge is 0.496 e. The van der Waals surface area contributed by atoms with Crippen molar-refractivity contribution in [2.24, 2.45) is 0 Å². The van der Waals surface area contributed by atoms with Crippen molar-refractivity contribution in [3.05, 3.63) is 35.9 Å². The van der Waals surface area contributed by atoms with E-state index in [0.29, 0.717) is 25.9 Å². The zero-order chi connectivity index (χ0) is 13.7.